The highest BCUT2D eigenvalue weighted by atomic mass is 32.2. The number of rotatable bonds is 5. The number of fused-ring (bicyclic) bond motifs is 1. The van der Waals surface area contributed by atoms with Crippen LogP contribution in [0.25, 0.3) is 0 Å². The number of nitrogens with one attached hydrogen (secondary N) is 2. The molecule has 0 radical (unpaired) electrons. The Morgan fingerprint density at radius 1 is 1.35 bits per heavy atom. The van der Waals surface area contributed by atoms with E-state index >= 15 is 0 Å². The summed E-state index contributed by atoms with van der Waals surface area (Å²) < 4.78 is 74.5. The molecule has 1 aromatic rings. The molecule has 1 aromatic carbocycles. The average molecular weight is 312 g/mol. The average Bonchev–Trinajstić information content (AvgIpc) is 2.83. The molecular formula is C11H12F4N2O2S. The van der Waals surface area contributed by atoms with E-state index in [0.717, 1.165) is 12.0 Å². The first-order valence-electron chi connectivity index (χ1n) is 5.75. The number of anilines is 1. The molecule has 1 aliphatic rings. The molecule has 0 aromatic heterocycles. The second kappa shape index (κ2) is 5.21. The summed E-state index contributed by atoms with van der Waals surface area (Å²) in [6.07, 6.45) is -3.18. The van der Waals surface area contributed by atoms with Gasteiger partial charge in [0.05, 0.1) is 11.4 Å². The summed E-state index contributed by atoms with van der Waals surface area (Å²) >= 11 is 0. The summed E-state index contributed by atoms with van der Waals surface area (Å²) in [6, 6.07) is 4.12. The maximum atomic E-state index is 12.7. The lowest BCUT2D eigenvalue weighted by molar-refractivity contribution is -0.122. The maximum absolute atomic E-state index is 12.7. The Kier molecular flexibility index (Phi) is 3.92. The third-order valence-corrected chi connectivity index (χ3v) is 4.32. The molecule has 0 saturated heterocycles. The fourth-order valence-electron chi connectivity index (χ4n) is 1.79. The molecule has 0 fully saturated rings. The third-order valence-electron chi connectivity index (χ3n) is 2.92. The van der Waals surface area contributed by atoms with Crippen LogP contribution in [-0.4, -0.2) is 33.9 Å². The molecule has 0 aliphatic carbocycles. The van der Waals surface area contributed by atoms with Crippen LogP contribution in [0.2, 0.25) is 0 Å². The van der Waals surface area contributed by atoms with Crippen molar-refractivity contribution in [1.82, 2.24) is 4.72 Å². The number of benzene rings is 1. The van der Waals surface area contributed by atoms with Crippen molar-refractivity contribution >= 4 is 15.7 Å². The number of hydrogen-bond acceptors (Lipinski definition) is 3. The predicted octanol–water partition coefficient (Wildman–Crippen LogP) is 1.83. The van der Waals surface area contributed by atoms with E-state index in [1.54, 1.807) is 6.07 Å². The van der Waals surface area contributed by atoms with Gasteiger partial charge in [0, 0.05) is 12.2 Å². The standard InChI is InChI=1S/C11H12F4N2O2S/c12-10(13)11(14,15)6-17-20(18,19)8-2-1-7-3-4-16-9(7)5-8/h1-2,5,10,16-17H,3-4,6H2. The summed E-state index contributed by atoms with van der Waals surface area (Å²) in [5, 5.41) is 2.94. The predicted molar refractivity (Wildman–Crippen MR) is 64.8 cm³/mol. The Morgan fingerprint density at radius 2 is 2.05 bits per heavy atom. The number of halogens is 4. The lowest BCUT2D eigenvalue weighted by Crippen LogP contribution is -2.41. The van der Waals surface area contributed by atoms with Crippen LogP contribution in [0.5, 0.6) is 0 Å². The quantitative estimate of drug-likeness (QED) is 0.816. The molecule has 1 heterocycles. The Hall–Kier alpha value is -1.35. The van der Waals surface area contributed by atoms with Gasteiger partial charge in [-0.15, -0.1) is 0 Å². The largest absolute Gasteiger partial charge is 0.384 e. The summed E-state index contributed by atoms with van der Waals surface area (Å²) in [5.74, 6) is -4.40. The van der Waals surface area contributed by atoms with Crippen LogP contribution in [-0.2, 0) is 16.4 Å². The maximum Gasteiger partial charge on any atom is 0.320 e. The zero-order valence-corrected chi connectivity index (χ0v) is 11.0. The molecule has 0 saturated carbocycles. The third kappa shape index (κ3) is 3.04. The smallest absolute Gasteiger partial charge is 0.320 e. The normalized spacial score (nSPS) is 15.2. The van der Waals surface area contributed by atoms with E-state index in [2.05, 4.69) is 5.32 Å². The Balaban J connectivity index is 2.15. The van der Waals surface area contributed by atoms with Gasteiger partial charge in [-0.1, -0.05) is 6.07 Å². The first kappa shape index (κ1) is 15.0. The van der Waals surface area contributed by atoms with Gasteiger partial charge in [-0.3, -0.25) is 0 Å². The SMILES string of the molecule is O=S(=O)(NCC(F)(F)C(F)F)c1ccc2c(c1)NCC2. The molecular weight excluding hydrogens is 300 g/mol. The Morgan fingerprint density at radius 3 is 2.70 bits per heavy atom. The van der Waals surface area contributed by atoms with E-state index in [0.29, 0.717) is 12.2 Å². The number of alkyl halides is 4. The molecule has 4 nitrogen and oxygen atoms in total. The van der Waals surface area contributed by atoms with E-state index in [4.69, 9.17) is 0 Å². The first-order valence-corrected chi connectivity index (χ1v) is 7.23. The van der Waals surface area contributed by atoms with Crippen molar-refractivity contribution in [1.29, 1.82) is 0 Å². The van der Waals surface area contributed by atoms with Crippen LogP contribution in [0.3, 0.4) is 0 Å². The van der Waals surface area contributed by atoms with Gasteiger partial charge >= 0.3 is 12.3 Å². The minimum Gasteiger partial charge on any atom is -0.384 e. The summed E-state index contributed by atoms with van der Waals surface area (Å²) in [4.78, 5) is -0.240. The zero-order chi connectivity index (χ0) is 15.0. The van der Waals surface area contributed by atoms with E-state index in [1.165, 1.54) is 16.9 Å². The molecule has 20 heavy (non-hydrogen) atoms. The lowest BCUT2D eigenvalue weighted by Gasteiger charge is -2.16. The van der Waals surface area contributed by atoms with Crippen molar-refractivity contribution in [3.63, 3.8) is 0 Å². The van der Waals surface area contributed by atoms with Gasteiger partial charge in [-0.25, -0.2) is 21.9 Å². The topological polar surface area (TPSA) is 58.2 Å². The van der Waals surface area contributed by atoms with Crippen molar-refractivity contribution in [2.75, 3.05) is 18.4 Å². The highest BCUT2D eigenvalue weighted by Crippen LogP contribution is 2.26. The second-order valence-corrected chi connectivity index (χ2v) is 6.15. The highest BCUT2D eigenvalue weighted by Gasteiger charge is 2.41. The van der Waals surface area contributed by atoms with Crippen LogP contribution in [0.1, 0.15) is 5.56 Å². The van der Waals surface area contributed by atoms with E-state index < -0.39 is 28.9 Å². The molecule has 1 aliphatic heterocycles. The molecule has 0 bridgehead atoms. The van der Waals surface area contributed by atoms with E-state index in [9.17, 15) is 26.0 Å². The molecule has 112 valence electrons. The van der Waals surface area contributed by atoms with E-state index in [1.807, 2.05) is 0 Å². The minimum atomic E-state index is -4.40. The summed E-state index contributed by atoms with van der Waals surface area (Å²) in [7, 11) is -4.25. The minimum absolute atomic E-state index is 0.240. The van der Waals surface area contributed by atoms with Gasteiger partial charge in [-0.05, 0) is 24.1 Å². The first-order chi connectivity index (χ1) is 9.22. The number of sulfonamides is 1. The zero-order valence-electron chi connectivity index (χ0n) is 10.2. The fraction of sp³-hybridized carbons (Fsp3) is 0.455. The molecule has 0 unspecified atom stereocenters. The van der Waals surface area contributed by atoms with Crippen molar-refractivity contribution in [3.05, 3.63) is 23.8 Å². The summed E-state index contributed by atoms with van der Waals surface area (Å²) in [5.41, 5.74) is 1.52. The van der Waals surface area contributed by atoms with Crippen LogP contribution in [0.15, 0.2) is 23.1 Å². The van der Waals surface area contributed by atoms with Crippen molar-refractivity contribution in [3.8, 4) is 0 Å². The van der Waals surface area contributed by atoms with Gasteiger partial charge in [0.1, 0.15) is 0 Å². The van der Waals surface area contributed by atoms with E-state index in [-0.39, 0.29) is 4.90 Å². The van der Waals surface area contributed by atoms with Crippen LogP contribution < -0.4 is 10.0 Å². The Labute approximate surface area is 113 Å². The monoisotopic (exact) mass is 312 g/mol. The summed E-state index contributed by atoms with van der Waals surface area (Å²) in [6.45, 7) is -0.979. The fourth-order valence-corrected chi connectivity index (χ4v) is 2.86. The molecule has 0 amide bonds. The van der Waals surface area contributed by atoms with Crippen molar-refractivity contribution in [2.45, 2.75) is 23.7 Å². The molecule has 0 spiro atoms. The van der Waals surface area contributed by atoms with Gasteiger partial charge < -0.3 is 5.32 Å². The molecule has 0 atom stereocenters. The van der Waals surface area contributed by atoms with Crippen LogP contribution in [0.4, 0.5) is 23.2 Å². The van der Waals surface area contributed by atoms with Crippen molar-refractivity contribution < 1.29 is 26.0 Å². The van der Waals surface area contributed by atoms with Gasteiger partial charge in [0.25, 0.3) is 0 Å². The Bertz CT molecular complexity index is 604. The molecule has 9 heteroatoms. The van der Waals surface area contributed by atoms with Crippen LogP contribution >= 0.6 is 0 Å². The van der Waals surface area contributed by atoms with Crippen LogP contribution in [0, 0.1) is 0 Å². The van der Waals surface area contributed by atoms with Gasteiger partial charge in [0.2, 0.25) is 10.0 Å². The molecule has 2 rings (SSSR count). The van der Waals surface area contributed by atoms with Gasteiger partial charge in [0.15, 0.2) is 0 Å². The molecule has 2 N–H and O–H groups in total. The van der Waals surface area contributed by atoms with Gasteiger partial charge in [-0.2, -0.15) is 8.78 Å². The second-order valence-electron chi connectivity index (χ2n) is 4.38. The lowest BCUT2D eigenvalue weighted by atomic mass is 10.2. The number of hydrogen-bond donors (Lipinski definition) is 2. The highest BCUT2D eigenvalue weighted by molar-refractivity contribution is 7.89. The van der Waals surface area contributed by atoms with Crippen molar-refractivity contribution in [2.24, 2.45) is 0 Å².